The predicted octanol–water partition coefficient (Wildman–Crippen LogP) is 4.33. The number of hydrogen-bond donors (Lipinski definition) is 2. The molecule has 2 rings (SSSR count). The largest absolute Gasteiger partial charge is 0.340 e. The number of carbonyl (C=O) groups is 3. The predicted molar refractivity (Wildman–Crippen MR) is 107 cm³/mol. The molecule has 0 radical (unpaired) electrons. The van der Waals surface area contributed by atoms with Gasteiger partial charge in [-0.3, -0.25) is 14.4 Å². The molecule has 2 atom stereocenters. The van der Waals surface area contributed by atoms with Crippen LogP contribution in [0, 0.1) is 5.92 Å². The van der Waals surface area contributed by atoms with Crippen LogP contribution in [0.4, 0.5) is 5.69 Å². The number of hydrogen-bond acceptors (Lipinski definition) is 3. The molecule has 0 saturated carbocycles. The molecule has 6 heteroatoms. The van der Waals surface area contributed by atoms with Crippen molar-refractivity contribution in [1.82, 2.24) is 5.32 Å². The van der Waals surface area contributed by atoms with Crippen molar-refractivity contribution in [3.63, 3.8) is 0 Å². The van der Waals surface area contributed by atoms with Gasteiger partial charge in [-0.05, 0) is 61.4 Å². The lowest BCUT2D eigenvalue weighted by Gasteiger charge is -2.23. The number of ketones is 1. The maximum absolute atomic E-state index is 12.7. The van der Waals surface area contributed by atoms with Crippen LogP contribution in [0.15, 0.2) is 48.5 Å². The highest BCUT2D eigenvalue weighted by molar-refractivity contribution is 6.30. The number of carbonyl (C=O) groups excluding carboxylic acids is 3. The van der Waals surface area contributed by atoms with Crippen molar-refractivity contribution in [3.8, 4) is 0 Å². The molecule has 0 aliphatic heterocycles. The van der Waals surface area contributed by atoms with E-state index in [1.54, 1.807) is 48.5 Å². The normalized spacial score (nSPS) is 12.7. The molecular weight excluding hydrogens is 364 g/mol. The Kier molecular flexibility index (Phi) is 7.13. The molecule has 0 aromatic heterocycles. The molecule has 142 valence electrons. The zero-order valence-electron chi connectivity index (χ0n) is 15.6. The fourth-order valence-electron chi connectivity index (χ4n) is 2.54. The summed E-state index contributed by atoms with van der Waals surface area (Å²) in [5, 5.41) is 6.15. The second-order valence-corrected chi connectivity index (χ2v) is 6.90. The van der Waals surface area contributed by atoms with Gasteiger partial charge in [0, 0.05) is 21.8 Å². The van der Waals surface area contributed by atoms with E-state index in [0.717, 1.165) is 6.42 Å². The Bertz CT molecular complexity index is 816. The molecule has 0 aliphatic carbocycles. The van der Waals surface area contributed by atoms with Crippen LogP contribution in [0.1, 0.15) is 47.9 Å². The average molecular weight is 387 g/mol. The lowest BCUT2D eigenvalue weighted by atomic mass is 9.97. The van der Waals surface area contributed by atoms with E-state index in [1.165, 1.54) is 6.92 Å². The van der Waals surface area contributed by atoms with Gasteiger partial charge in [0.15, 0.2) is 5.78 Å². The topological polar surface area (TPSA) is 75.3 Å². The number of halogens is 1. The van der Waals surface area contributed by atoms with Crippen LogP contribution in [-0.2, 0) is 4.79 Å². The van der Waals surface area contributed by atoms with Gasteiger partial charge in [0.2, 0.25) is 5.91 Å². The van der Waals surface area contributed by atoms with Crippen molar-refractivity contribution < 1.29 is 14.4 Å². The van der Waals surface area contributed by atoms with Crippen LogP contribution >= 0.6 is 11.6 Å². The molecule has 0 spiro atoms. The van der Waals surface area contributed by atoms with E-state index in [0.29, 0.717) is 21.8 Å². The van der Waals surface area contributed by atoms with E-state index in [-0.39, 0.29) is 23.5 Å². The molecule has 0 fully saturated rings. The summed E-state index contributed by atoms with van der Waals surface area (Å²) >= 11 is 5.85. The molecule has 2 aromatic carbocycles. The van der Waals surface area contributed by atoms with Crippen LogP contribution in [0.5, 0.6) is 0 Å². The summed E-state index contributed by atoms with van der Waals surface area (Å²) in [5.41, 5.74) is 1.58. The second-order valence-electron chi connectivity index (χ2n) is 6.47. The lowest BCUT2D eigenvalue weighted by Crippen LogP contribution is -2.47. The third-order valence-electron chi connectivity index (χ3n) is 4.45. The van der Waals surface area contributed by atoms with Gasteiger partial charge >= 0.3 is 0 Å². The summed E-state index contributed by atoms with van der Waals surface area (Å²) in [6.07, 6.45) is 0.724. The van der Waals surface area contributed by atoms with Gasteiger partial charge < -0.3 is 10.6 Å². The first kappa shape index (κ1) is 20.6. The van der Waals surface area contributed by atoms with Gasteiger partial charge in [-0.25, -0.2) is 0 Å². The lowest BCUT2D eigenvalue weighted by molar-refractivity contribution is -0.119. The zero-order chi connectivity index (χ0) is 20.0. The number of rotatable bonds is 7. The molecule has 2 N–H and O–H groups in total. The Labute approximate surface area is 164 Å². The van der Waals surface area contributed by atoms with Crippen LogP contribution in [0.3, 0.4) is 0 Å². The molecule has 0 aliphatic rings. The minimum Gasteiger partial charge on any atom is -0.340 e. The summed E-state index contributed by atoms with van der Waals surface area (Å²) in [6.45, 7) is 5.35. The Morgan fingerprint density at radius 2 is 1.52 bits per heavy atom. The standard InChI is InChI=1S/C21H23ClN2O3/c1-4-13(2)19(24-20(26)16-5-9-17(22)10-6-16)21(27)23-18-11-7-15(8-12-18)14(3)25/h5-13,19H,4H2,1-3H3,(H,23,27)(H,24,26). The van der Waals surface area contributed by atoms with E-state index in [4.69, 9.17) is 11.6 Å². The van der Waals surface area contributed by atoms with E-state index in [2.05, 4.69) is 10.6 Å². The number of benzene rings is 2. The van der Waals surface area contributed by atoms with Gasteiger partial charge in [-0.1, -0.05) is 31.9 Å². The fraction of sp³-hybridized carbons (Fsp3) is 0.286. The van der Waals surface area contributed by atoms with E-state index < -0.39 is 6.04 Å². The van der Waals surface area contributed by atoms with Crippen molar-refractivity contribution in [2.24, 2.45) is 5.92 Å². The summed E-state index contributed by atoms with van der Waals surface area (Å²) in [4.78, 5) is 36.6. The first-order valence-corrected chi connectivity index (χ1v) is 9.18. The van der Waals surface area contributed by atoms with Crippen LogP contribution in [-0.4, -0.2) is 23.6 Å². The second kappa shape index (κ2) is 9.33. The number of anilines is 1. The van der Waals surface area contributed by atoms with E-state index >= 15 is 0 Å². The smallest absolute Gasteiger partial charge is 0.251 e. The molecule has 0 heterocycles. The molecule has 2 aromatic rings. The van der Waals surface area contributed by atoms with Crippen LogP contribution < -0.4 is 10.6 Å². The zero-order valence-corrected chi connectivity index (χ0v) is 16.3. The number of amides is 2. The minimum atomic E-state index is -0.689. The Morgan fingerprint density at radius 1 is 0.963 bits per heavy atom. The SMILES string of the molecule is CCC(C)C(NC(=O)c1ccc(Cl)cc1)C(=O)Nc1ccc(C(C)=O)cc1. The first-order chi connectivity index (χ1) is 12.8. The van der Waals surface area contributed by atoms with Gasteiger partial charge in [0.25, 0.3) is 5.91 Å². The van der Waals surface area contributed by atoms with Gasteiger partial charge in [0.1, 0.15) is 6.04 Å². The van der Waals surface area contributed by atoms with Crippen LogP contribution in [0.2, 0.25) is 5.02 Å². The highest BCUT2D eigenvalue weighted by Gasteiger charge is 2.26. The quantitative estimate of drug-likeness (QED) is 0.695. The summed E-state index contributed by atoms with van der Waals surface area (Å²) in [7, 11) is 0. The van der Waals surface area contributed by atoms with Gasteiger partial charge in [0.05, 0.1) is 0 Å². The number of nitrogens with one attached hydrogen (secondary N) is 2. The monoisotopic (exact) mass is 386 g/mol. The highest BCUT2D eigenvalue weighted by atomic mass is 35.5. The average Bonchev–Trinajstić information content (AvgIpc) is 2.66. The fourth-order valence-corrected chi connectivity index (χ4v) is 2.66. The molecule has 2 unspecified atom stereocenters. The molecule has 0 saturated heterocycles. The van der Waals surface area contributed by atoms with Gasteiger partial charge in [-0.15, -0.1) is 0 Å². The third-order valence-corrected chi connectivity index (χ3v) is 4.70. The molecule has 5 nitrogen and oxygen atoms in total. The van der Waals surface area contributed by atoms with Crippen molar-refractivity contribution >= 4 is 34.9 Å². The Balaban J connectivity index is 2.12. The highest BCUT2D eigenvalue weighted by Crippen LogP contribution is 2.15. The third kappa shape index (κ3) is 5.66. The van der Waals surface area contributed by atoms with Gasteiger partial charge in [-0.2, -0.15) is 0 Å². The molecule has 0 bridgehead atoms. The molecule has 27 heavy (non-hydrogen) atoms. The first-order valence-electron chi connectivity index (χ1n) is 8.80. The molecule has 2 amide bonds. The van der Waals surface area contributed by atoms with Crippen molar-refractivity contribution in [2.45, 2.75) is 33.2 Å². The van der Waals surface area contributed by atoms with Crippen molar-refractivity contribution in [2.75, 3.05) is 5.32 Å². The Morgan fingerprint density at radius 3 is 2.04 bits per heavy atom. The van der Waals surface area contributed by atoms with Crippen molar-refractivity contribution in [3.05, 3.63) is 64.7 Å². The Hall–Kier alpha value is -2.66. The van der Waals surface area contributed by atoms with E-state index in [1.807, 2.05) is 13.8 Å². The summed E-state index contributed by atoms with van der Waals surface area (Å²) < 4.78 is 0. The maximum atomic E-state index is 12.7. The van der Waals surface area contributed by atoms with Crippen LogP contribution in [0.25, 0.3) is 0 Å². The summed E-state index contributed by atoms with van der Waals surface area (Å²) in [5.74, 6) is -0.736. The minimum absolute atomic E-state index is 0.0411. The van der Waals surface area contributed by atoms with Crippen molar-refractivity contribution in [1.29, 1.82) is 0 Å². The van der Waals surface area contributed by atoms with E-state index in [9.17, 15) is 14.4 Å². The number of Topliss-reactive ketones (excluding diaryl/α,β-unsaturated/α-hetero) is 1. The summed E-state index contributed by atoms with van der Waals surface area (Å²) in [6, 6.07) is 12.5. The molecular formula is C21H23ClN2O3. The maximum Gasteiger partial charge on any atom is 0.251 e.